The van der Waals surface area contributed by atoms with E-state index in [2.05, 4.69) is 5.32 Å². The average Bonchev–Trinajstić information content (AvgIpc) is 3.01. The minimum absolute atomic E-state index is 0.153. The number of methoxy groups -OCH3 is 1. The molecule has 3 aromatic carbocycles. The van der Waals surface area contributed by atoms with Crippen LogP contribution in [0.3, 0.4) is 0 Å². The lowest BCUT2D eigenvalue weighted by Gasteiger charge is -2.29. The number of nitrogens with zero attached hydrogens (tertiary/aromatic N) is 2. The van der Waals surface area contributed by atoms with Crippen molar-refractivity contribution in [2.24, 2.45) is 0 Å². The molecule has 0 bridgehead atoms. The highest BCUT2D eigenvalue weighted by Gasteiger charge is 2.30. The third-order valence-electron chi connectivity index (χ3n) is 5.99. The van der Waals surface area contributed by atoms with E-state index in [1.165, 1.54) is 12.0 Å². The van der Waals surface area contributed by atoms with E-state index >= 15 is 0 Å². The van der Waals surface area contributed by atoms with Crippen molar-refractivity contribution in [2.45, 2.75) is 26.0 Å². The summed E-state index contributed by atoms with van der Waals surface area (Å²) in [7, 11) is 3.09. The Bertz CT molecular complexity index is 1260. The predicted octanol–water partition coefficient (Wildman–Crippen LogP) is 4.11. The van der Waals surface area contributed by atoms with Gasteiger partial charge in [-0.2, -0.15) is 0 Å². The molecule has 186 valence electrons. The quantitative estimate of drug-likeness (QED) is 0.542. The second-order valence-corrected chi connectivity index (χ2v) is 8.68. The molecule has 0 fully saturated rings. The van der Waals surface area contributed by atoms with Gasteiger partial charge in [-0.3, -0.25) is 14.4 Å². The molecule has 8 heteroatoms. The SMILES string of the molecule is COc1cc(C(=O)N(C)CC(=O)N2c3ccccc3NC(=O)C[C@H]2C)ccc1OCc1ccccc1. The Morgan fingerprint density at radius 1 is 1.03 bits per heavy atom. The number of ether oxygens (including phenoxy) is 2. The van der Waals surface area contributed by atoms with Gasteiger partial charge < -0.3 is 24.6 Å². The molecule has 0 saturated carbocycles. The topological polar surface area (TPSA) is 88.2 Å². The Kier molecular flexibility index (Phi) is 7.53. The Balaban J connectivity index is 1.47. The molecule has 0 spiro atoms. The van der Waals surface area contributed by atoms with Gasteiger partial charge in [-0.05, 0) is 42.8 Å². The van der Waals surface area contributed by atoms with Crippen molar-refractivity contribution in [1.29, 1.82) is 0 Å². The van der Waals surface area contributed by atoms with Gasteiger partial charge in [0.25, 0.3) is 5.91 Å². The molecule has 0 aliphatic carbocycles. The number of amides is 3. The van der Waals surface area contributed by atoms with E-state index in [4.69, 9.17) is 9.47 Å². The molecule has 0 saturated heterocycles. The summed E-state index contributed by atoms with van der Waals surface area (Å²) in [6.07, 6.45) is 0.166. The van der Waals surface area contributed by atoms with Crippen molar-refractivity contribution in [1.82, 2.24) is 4.90 Å². The van der Waals surface area contributed by atoms with E-state index in [-0.39, 0.29) is 36.7 Å². The molecule has 1 N–H and O–H groups in total. The second kappa shape index (κ2) is 10.9. The maximum Gasteiger partial charge on any atom is 0.254 e. The molecule has 1 heterocycles. The largest absolute Gasteiger partial charge is 0.493 e. The predicted molar refractivity (Wildman–Crippen MR) is 137 cm³/mol. The number of fused-ring (bicyclic) bond motifs is 1. The van der Waals surface area contributed by atoms with E-state index in [0.29, 0.717) is 35.0 Å². The molecule has 1 atom stereocenters. The maximum atomic E-state index is 13.3. The third kappa shape index (κ3) is 5.49. The molecule has 0 radical (unpaired) electrons. The van der Waals surface area contributed by atoms with Crippen molar-refractivity contribution in [2.75, 3.05) is 30.9 Å². The van der Waals surface area contributed by atoms with Gasteiger partial charge in [0.15, 0.2) is 11.5 Å². The highest BCUT2D eigenvalue weighted by Crippen LogP contribution is 2.32. The van der Waals surface area contributed by atoms with Crippen molar-refractivity contribution in [3.63, 3.8) is 0 Å². The molecule has 1 aliphatic heterocycles. The normalized spacial score (nSPS) is 14.8. The fraction of sp³-hybridized carbons (Fsp3) is 0.250. The summed E-state index contributed by atoms with van der Waals surface area (Å²) < 4.78 is 11.3. The number of para-hydroxylation sites is 2. The highest BCUT2D eigenvalue weighted by molar-refractivity contribution is 6.06. The smallest absolute Gasteiger partial charge is 0.254 e. The number of nitrogens with one attached hydrogen (secondary N) is 1. The lowest BCUT2D eigenvalue weighted by molar-refractivity contribution is -0.119. The molecule has 0 unspecified atom stereocenters. The first-order chi connectivity index (χ1) is 17.4. The maximum absolute atomic E-state index is 13.3. The summed E-state index contributed by atoms with van der Waals surface area (Å²) in [6, 6.07) is 21.5. The van der Waals surface area contributed by atoms with Crippen LogP contribution in [0.1, 0.15) is 29.3 Å². The zero-order valence-electron chi connectivity index (χ0n) is 20.6. The molecule has 1 aliphatic rings. The summed E-state index contributed by atoms with van der Waals surface area (Å²) in [5, 5.41) is 2.84. The number of carbonyl (C=O) groups is 3. The summed E-state index contributed by atoms with van der Waals surface area (Å²) >= 11 is 0. The Hall–Kier alpha value is -4.33. The summed E-state index contributed by atoms with van der Waals surface area (Å²) in [6.45, 7) is 2.03. The number of hydrogen-bond acceptors (Lipinski definition) is 5. The highest BCUT2D eigenvalue weighted by atomic mass is 16.5. The molecule has 0 aromatic heterocycles. The molecule has 3 aromatic rings. The van der Waals surface area contributed by atoms with Crippen LogP contribution in [0.5, 0.6) is 11.5 Å². The van der Waals surface area contributed by atoms with Crippen molar-refractivity contribution in [3.8, 4) is 11.5 Å². The van der Waals surface area contributed by atoms with Gasteiger partial charge >= 0.3 is 0 Å². The second-order valence-electron chi connectivity index (χ2n) is 8.68. The molecule has 4 rings (SSSR count). The first-order valence-electron chi connectivity index (χ1n) is 11.7. The van der Waals surface area contributed by atoms with E-state index in [1.807, 2.05) is 43.3 Å². The van der Waals surface area contributed by atoms with E-state index in [0.717, 1.165) is 5.56 Å². The van der Waals surface area contributed by atoms with E-state index < -0.39 is 0 Å². The van der Waals surface area contributed by atoms with Gasteiger partial charge in [-0.25, -0.2) is 0 Å². The number of likely N-dealkylation sites (N-methyl/N-ethyl adjacent to an activating group) is 1. The standard InChI is InChI=1S/C28H29N3O5/c1-19-15-26(32)29-22-11-7-8-12-23(22)31(19)27(33)17-30(2)28(34)21-13-14-24(25(16-21)35-3)36-18-20-9-5-4-6-10-20/h4-14,16,19H,15,17-18H2,1-3H3,(H,29,32)/t19-/m1/s1. The van der Waals surface area contributed by atoms with Gasteiger partial charge in [0.1, 0.15) is 13.2 Å². The zero-order chi connectivity index (χ0) is 25.7. The van der Waals surface area contributed by atoms with Gasteiger partial charge in [-0.15, -0.1) is 0 Å². The fourth-order valence-electron chi connectivity index (χ4n) is 4.19. The van der Waals surface area contributed by atoms with Crippen LogP contribution in [0, 0.1) is 0 Å². The van der Waals surface area contributed by atoms with E-state index in [1.54, 1.807) is 48.3 Å². The minimum Gasteiger partial charge on any atom is -0.493 e. The average molecular weight is 488 g/mol. The lowest BCUT2D eigenvalue weighted by atomic mass is 10.1. The number of hydrogen-bond donors (Lipinski definition) is 1. The Labute approximate surface area is 210 Å². The molecular formula is C28H29N3O5. The Morgan fingerprint density at radius 2 is 1.75 bits per heavy atom. The summed E-state index contributed by atoms with van der Waals surface area (Å²) in [4.78, 5) is 41.6. The van der Waals surface area contributed by atoms with Gasteiger partial charge in [0.05, 0.1) is 18.5 Å². The van der Waals surface area contributed by atoms with Crippen LogP contribution in [-0.4, -0.2) is 49.4 Å². The van der Waals surface area contributed by atoms with Crippen molar-refractivity contribution in [3.05, 3.63) is 83.9 Å². The number of carbonyl (C=O) groups excluding carboxylic acids is 3. The Morgan fingerprint density at radius 3 is 2.50 bits per heavy atom. The molecular weight excluding hydrogens is 458 g/mol. The number of benzene rings is 3. The van der Waals surface area contributed by atoms with Crippen molar-refractivity contribution >= 4 is 29.1 Å². The lowest BCUT2D eigenvalue weighted by Crippen LogP contribution is -2.45. The summed E-state index contributed by atoms with van der Waals surface area (Å²) in [5.41, 5.74) is 2.57. The van der Waals surface area contributed by atoms with Crippen LogP contribution in [0.15, 0.2) is 72.8 Å². The van der Waals surface area contributed by atoms with Crippen molar-refractivity contribution < 1.29 is 23.9 Å². The fourth-order valence-corrected chi connectivity index (χ4v) is 4.19. The molecule has 8 nitrogen and oxygen atoms in total. The van der Waals surface area contributed by atoms with Crippen LogP contribution in [0.25, 0.3) is 0 Å². The van der Waals surface area contributed by atoms with Gasteiger partial charge in [0, 0.05) is 25.1 Å². The van der Waals surface area contributed by atoms with Crippen LogP contribution in [0.2, 0.25) is 0 Å². The molecule has 3 amide bonds. The van der Waals surface area contributed by atoms with Crippen LogP contribution in [0.4, 0.5) is 11.4 Å². The van der Waals surface area contributed by atoms with Crippen LogP contribution in [-0.2, 0) is 16.2 Å². The minimum atomic E-state index is -0.356. The van der Waals surface area contributed by atoms with Gasteiger partial charge in [-0.1, -0.05) is 42.5 Å². The van der Waals surface area contributed by atoms with Crippen LogP contribution < -0.4 is 19.7 Å². The first-order valence-corrected chi connectivity index (χ1v) is 11.7. The molecule has 36 heavy (non-hydrogen) atoms. The zero-order valence-corrected chi connectivity index (χ0v) is 20.6. The third-order valence-corrected chi connectivity index (χ3v) is 5.99. The number of rotatable bonds is 7. The van der Waals surface area contributed by atoms with E-state index in [9.17, 15) is 14.4 Å². The number of anilines is 2. The van der Waals surface area contributed by atoms with Gasteiger partial charge in [0.2, 0.25) is 11.8 Å². The van der Waals surface area contributed by atoms with Crippen LogP contribution >= 0.6 is 0 Å². The summed E-state index contributed by atoms with van der Waals surface area (Å²) in [5.74, 6) is 0.176. The monoisotopic (exact) mass is 487 g/mol. The first kappa shape index (κ1) is 24.8.